The molecular formula is C14H10N2O4S. The number of aromatic nitrogens is 2. The normalized spacial score (nSPS) is 10.7. The quantitative estimate of drug-likeness (QED) is 0.723. The van der Waals surface area contributed by atoms with E-state index >= 15 is 0 Å². The molecule has 0 aliphatic heterocycles. The van der Waals surface area contributed by atoms with Gasteiger partial charge in [-0.05, 0) is 24.3 Å². The van der Waals surface area contributed by atoms with Crippen molar-refractivity contribution in [2.75, 3.05) is 0 Å². The number of carboxylic acid groups (broad SMARTS) is 1. The van der Waals surface area contributed by atoms with Crippen LogP contribution in [0.1, 0.15) is 16.2 Å². The molecule has 0 fully saturated rings. The lowest BCUT2D eigenvalue weighted by atomic mass is 10.2. The molecule has 7 heteroatoms. The Balaban J connectivity index is 1.73. The molecule has 2 heterocycles. The van der Waals surface area contributed by atoms with Crippen molar-refractivity contribution < 1.29 is 18.8 Å². The van der Waals surface area contributed by atoms with Gasteiger partial charge in [0.15, 0.2) is 11.6 Å². The van der Waals surface area contributed by atoms with Crippen molar-refractivity contribution in [1.82, 2.24) is 10.1 Å². The van der Waals surface area contributed by atoms with Crippen molar-refractivity contribution in [2.45, 2.75) is 10.6 Å². The Bertz CT molecular complexity index is 752. The van der Waals surface area contributed by atoms with E-state index in [1.165, 1.54) is 18.0 Å². The van der Waals surface area contributed by atoms with Gasteiger partial charge in [-0.3, -0.25) is 0 Å². The van der Waals surface area contributed by atoms with Gasteiger partial charge in [-0.15, -0.1) is 11.8 Å². The molecule has 0 amide bonds. The van der Waals surface area contributed by atoms with Gasteiger partial charge in [0.2, 0.25) is 0 Å². The summed E-state index contributed by atoms with van der Waals surface area (Å²) >= 11 is 1.34. The lowest BCUT2D eigenvalue weighted by Gasteiger charge is -2.02. The number of benzene rings is 1. The first-order chi connectivity index (χ1) is 10.2. The van der Waals surface area contributed by atoms with E-state index in [2.05, 4.69) is 10.1 Å². The Morgan fingerprint density at radius 3 is 2.86 bits per heavy atom. The Morgan fingerprint density at radius 1 is 1.24 bits per heavy atom. The van der Waals surface area contributed by atoms with Crippen molar-refractivity contribution in [3.05, 3.63) is 54.0 Å². The van der Waals surface area contributed by atoms with Crippen LogP contribution in [0.3, 0.4) is 0 Å². The monoisotopic (exact) mass is 302 g/mol. The predicted molar refractivity (Wildman–Crippen MR) is 75.0 cm³/mol. The summed E-state index contributed by atoms with van der Waals surface area (Å²) in [6.45, 7) is 0. The van der Waals surface area contributed by atoms with E-state index in [1.54, 1.807) is 36.4 Å². The number of rotatable bonds is 5. The van der Waals surface area contributed by atoms with Crippen LogP contribution in [-0.2, 0) is 5.75 Å². The van der Waals surface area contributed by atoms with Gasteiger partial charge in [-0.25, -0.2) is 4.79 Å². The molecule has 0 aliphatic carbocycles. The van der Waals surface area contributed by atoms with Crippen LogP contribution >= 0.6 is 11.8 Å². The summed E-state index contributed by atoms with van der Waals surface area (Å²) in [6, 6.07) is 10.3. The van der Waals surface area contributed by atoms with Gasteiger partial charge in [-0.1, -0.05) is 17.3 Å². The van der Waals surface area contributed by atoms with Crippen LogP contribution in [0, 0.1) is 0 Å². The van der Waals surface area contributed by atoms with Crippen LogP contribution in [0.5, 0.6) is 0 Å². The Hall–Kier alpha value is -2.54. The fourth-order valence-electron chi connectivity index (χ4n) is 1.72. The lowest BCUT2D eigenvalue weighted by Crippen LogP contribution is -1.98. The first-order valence-electron chi connectivity index (χ1n) is 6.05. The maximum atomic E-state index is 11.1. The Kier molecular flexibility index (Phi) is 3.74. The molecule has 3 aromatic rings. The third-order valence-corrected chi connectivity index (χ3v) is 3.74. The van der Waals surface area contributed by atoms with E-state index in [0.717, 1.165) is 0 Å². The number of aromatic carboxylic acids is 1. The Morgan fingerprint density at radius 2 is 2.10 bits per heavy atom. The van der Waals surface area contributed by atoms with E-state index < -0.39 is 5.97 Å². The largest absolute Gasteiger partial charge is 0.478 e. The summed E-state index contributed by atoms with van der Waals surface area (Å²) in [5.74, 6) is 0.745. The highest BCUT2D eigenvalue weighted by atomic mass is 32.2. The first-order valence-corrected chi connectivity index (χ1v) is 7.04. The minimum atomic E-state index is -0.956. The van der Waals surface area contributed by atoms with Gasteiger partial charge in [0.25, 0.3) is 5.89 Å². The van der Waals surface area contributed by atoms with Crippen molar-refractivity contribution in [3.8, 4) is 11.7 Å². The zero-order valence-corrected chi connectivity index (χ0v) is 11.5. The maximum absolute atomic E-state index is 11.1. The van der Waals surface area contributed by atoms with E-state index in [4.69, 9.17) is 14.0 Å². The summed E-state index contributed by atoms with van der Waals surface area (Å²) in [7, 11) is 0. The summed E-state index contributed by atoms with van der Waals surface area (Å²) in [5, 5.41) is 13.0. The molecule has 0 unspecified atom stereocenters. The molecule has 0 saturated heterocycles. The molecule has 106 valence electrons. The smallest absolute Gasteiger partial charge is 0.336 e. The Labute approximate surface area is 123 Å². The average Bonchev–Trinajstić information content (AvgIpc) is 3.16. The van der Waals surface area contributed by atoms with Gasteiger partial charge in [0, 0.05) is 4.90 Å². The van der Waals surface area contributed by atoms with Crippen molar-refractivity contribution in [3.63, 3.8) is 0 Å². The fourth-order valence-corrected chi connectivity index (χ4v) is 2.61. The predicted octanol–water partition coefficient (Wildman–Crippen LogP) is 3.32. The van der Waals surface area contributed by atoms with Gasteiger partial charge in [-0.2, -0.15) is 4.98 Å². The highest BCUT2D eigenvalue weighted by molar-refractivity contribution is 7.98. The summed E-state index contributed by atoms with van der Waals surface area (Å²) in [5.41, 5.74) is 0.261. The molecule has 2 aromatic heterocycles. The van der Waals surface area contributed by atoms with Crippen LogP contribution in [-0.4, -0.2) is 21.2 Å². The molecule has 0 spiro atoms. The number of nitrogens with zero attached hydrogens (tertiary/aromatic N) is 2. The van der Waals surface area contributed by atoms with Gasteiger partial charge >= 0.3 is 5.97 Å². The van der Waals surface area contributed by atoms with E-state index in [-0.39, 0.29) is 5.56 Å². The summed E-state index contributed by atoms with van der Waals surface area (Å²) in [6.07, 6.45) is 1.52. The standard InChI is InChI=1S/C14H10N2O4S/c17-14(18)9-4-1-2-6-11(9)21-8-12-15-13(20-16-12)10-5-3-7-19-10/h1-7H,8H2,(H,17,18). The zero-order chi connectivity index (χ0) is 14.7. The second-order valence-electron chi connectivity index (χ2n) is 4.08. The number of thioether (sulfide) groups is 1. The molecule has 0 aliphatic rings. The minimum Gasteiger partial charge on any atom is -0.478 e. The number of hydrogen-bond acceptors (Lipinski definition) is 6. The van der Waals surface area contributed by atoms with Crippen LogP contribution < -0.4 is 0 Å². The van der Waals surface area contributed by atoms with Crippen LogP contribution in [0.4, 0.5) is 0 Å². The first kappa shape index (κ1) is 13.4. The SMILES string of the molecule is O=C(O)c1ccccc1SCc1noc(-c2ccco2)n1. The summed E-state index contributed by atoms with van der Waals surface area (Å²) < 4.78 is 10.3. The van der Waals surface area contributed by atoms with Gasteiger partial charge < -0.3 is 14.0 Å². The van der Waals surface area contributed by atoms with Gasteiger partial charge in [0.05, 0.1) is 17.6 Å². The topological polar surface area (TPSA) is 89.4 Å². The van der Waals surface area contributed by atoms with Crippen LogP contribution in [0.15, 0.2) is 56.5 Å². The van der Waals surface area contributed by atoms with Crippen molar-refractivity contribution in [1.29, 1.82) is 0 Å². The zero-order valence-electron chi connectivity index (χ0n) is 10.7. The second kappa shape index (κ2) is 5.84. The van der Waals surface area contributed by atoms with Crippen molar-refractivity contribution in [2.24, 2.45) is 0 Å². The van der Waals surface area contributed by atoms with Gasteiger partial charge in [0.1, 0.15) is 0 Å². The molecule has 0 radical (unpaired) electrons. The van der Waals surface area contributed by atoms with Crippen molar-refractivity contribution >= 4 is 17.7 Å². The highest BCUT2D eigenvalue weighted by Crippen LogP contribution is 2.26. The molecule has 0 bridgehead atoms. The van der Waals surface area contributed by atoms with Crippen LogP contribution in [0.2, 0.25) is 0 Å². The van der Waals surface area contributed by atoms with E-state index in [9.17, 15) is 4.79 Å². The molecule has 1 N–H and O–H groups in total. The van der Waals surface area contributed by atoms with Crippen LogP contribution in [0.25, 0.3) is 11.7 Å². The lowest BCUT2D eigenvalue weighted by molar-refractivity contribution is 0.0693. The average molecular weight is 302 g/mol. The molecule has 3 rings (SSSR count). The number of furan rings is 1. The molecule has 0 saturated carbocycles. The number of hydrogen-bond donors (Lipinski definition) is 1. The molecular weight excluding hydrogens is 292 g/mol. The maximum Gasteiger partial charge on any atom is 0.336 e. The minimum absolute atomic E-state index is 0.261. The molecule has 21 heavy (non-hydrogen) atoms. The fraction of sp³-hybridized carbons (Fsp3) is 0.0714. The number of carboxylic acids is 1. The molecule has 0 atom stereocenters. The second-order valence-corrected chi connectivity index (χ2v) is 5.10. The van der Waals surface area contributed by atoms with E-state index in [0.29, 0.717) is 28.1 Å². The highest BCUT2D eigenvalue weighted by Gasteiger charge is 2.13. The van der Waals surface area contributed by atoms with E-state index in [1.807, 2.05) is 0 Å². The number of carbonyl (C=O) groups is 1. The third kappa shape index (κ3) is 2.97. The third-order valence-electron chi connectivity index (χ3n) is 2.67. The molecule has 6 nitrogen and oxygen atoms in total. The molecule has 1 aromatic carbocycles. The summed E-state index contributed by atoms with van der Waals surface area (Å²) in [4.78, 5) is 16.0.